The van der Waals surface area contributed by atoms with Gasteiger partial charge in [-0.1, -0.05) is 15.9 Å². The number of nitrogens with zero attached hydrogens (tertiary/aromatic N) is 5. The Morgan fingerprint density at radius 3 is 2.90 bits per heavy atom. The number of benzene rings is 1. The smallest absolute Gasteiger partial charge is 0.152 e. The van der Waals surface area contributed by atoms with Gasteiger partial charge in [-0.05, 0) is 18.2 Å². The van der Waals surface area contributed by atoms with Crippen molar-refractivity contribution in [1.29, 1.82) is 0 Å². The van der Waals surface area contributed by atoms with Gasteiger partial charge >= 0.3 is 0 Å². The highest BCUT2D eigenvalue weighted by molar-refractivity contribution is 9.10. The lowest BCUT2D eigenvalue weighted by Gasteiger charge is -2.06. The van der Waals surface area contributed by atoms with Crippen LogP contribution in [0.15, 0.2) is 29.0 Å². The minimum absolute atomic E-state index is 0.391. The number of alkyl halides is 1. The molecule has 0 N–H and O–H groups in total. The van der Waals surface area contributed by atoms with E-state index in [-0.39, 0.29) is 0 Å². The van der Waals surface area contributed by atoms with E-state index in [4.69, 9.17) is 11.6 Å². The van der Waals surface area contributed by atoms with Gasteiger partial charge in [0.1, 0.15) is 12.2 Å². The second kappa shape index (κ2) is 5.54. The number of imidazole rings is 1. The van der Waals surface area contributed by atoms with Gasteiger partial charge in [0.05, 0.1) is 16.9 Å². The monoisotopic (exact) mass is 353 g/mol. The molecule has 0 saturated carbocycles. The van der Waals surface area contributed by atoms with Crippen LogP contribution in [0.25, 0.3) is 11.0 Å². The second-order valence-corrected chi connectivity index (χ2v) is 5.71. The van der Waals surface area contributed by atoms with E-state index in [2.05, 4.69) is 35.6 Å². The molecule has 2 aromatic heterocycles. The van der Waals surface area contributed by atoms with Crippen LogP contribution in [-0.4, -0.2) is 24.3 Å². The van der Waals surface area contributed by atoms with Crippen molar-refractivity contribution >= 4 is 38.6 Å². The average Bonchev–Trinajstić information content (AvgIpc) is 2.99. The number of hydrogen-bond acceptors (Lipinski definition) is 3. The molecule has 0 atom stereocenters. The molecular formula is C13H13BrClN5. The summed E-state index contributed by atoms with van der Waals surface area (Å²) in [4.78, 5) is 8.81. The maximum Gasteiger partial charge on any atom is 0.152 e. The van der Waals surface area contributed by atoms with E-state index in [1.807, 2.05) is 25.2 Å². The largest absolute Gasteiger partial charge is 0.327 e. The van der Waals surface area contributed by atoms with E-state index in [0.29, 0.717) is 5.88 Å². The van der Waals surface area contributed by atoms with Crippen LogP contribution in [0.5, 0.6) is 0 Å². The Labute approximate surface area is 129 Å². The summed E-state index contributed by atoms with van der Waals surface area (Å²) in [5.41, 5.74) is 2.03. The van der Waals surface area contributed by atoms with E-state index in [0.717, 1.165) is 40.1 Å². The molecule has 0 radical (unpaired) electrons. The summed E-state index contributed by atoms with van der Waals surface area (Å²) in [6.07, 6.45) is 2.47. The third kappa shape index (κ3) is 2.58. The van der Waals surface area contributed by atoms with Crippen molar-refractivity contribution in [3.8, 4) is 0 Å². The molecule has 104 valence electrons. The fraction of sp³-hybridized carbons (Fsp3) is 0.308. The van der Waals surface area contributed by atoms with Gasteiger partial charge in [0.2, 0.25) is 0 Å². The lowest BCUT2D eigenvalue weighted by Crippen LogP contribution is -2.06. The Kier molecular flexibility index (Phi) is 3.76. The molecule has 3 aromatic rings. The van der Waals surface area contributed by atoms with Crippen LogP contribution in [0.3, 0.4) is 0 Å². The third-order valence-electron chi connectivity index (χ3n) is 3.11. The van der Waals surface area contributed by atoms with Crippen molar-refractivity contribution in [2.75, 3.05) is 0 Å². The standard InChI is InChI=1S/C13H13BrClN5/c1-19-8-16-12(18-19)4-5-20-11-3-2-9(14)6-10(11)17-13(20)7-15/h2-3,6,8H,4-5,7H2,1H3. The Morgan fingerprint density at radius 1 is 1.35 bits per heavy atom. The number of aryl methyl sites for hydroxylation is 3. The molecule has 0 unspecified atom stereocenters. The van der Waals surface area contributed by atoms with Gasteiger partial charge in [-0.15, -0.1) is 11.6 Å². The molecule has 0 fully saturated rings. The topological polar surface area (TPSA) is 48.5 Å². The highest BCUT2D eigenvalue weighted by Crippen LogP contribution is 2.22. The Bertz CT molecular complexity index is 748. The van der Waals surface area contributed by atoms with Gasteiger partial charge in [-0.25, -0.2) is 9.97 Å². The molecule has 3 rings (SSSR count). The zero-order valence-electron chi connectivity index (χ0n) is 10.9. The molecule has 7 heteroatoms. The second-order valence-electron chi connectivity index (χ2n) is 4.53. The van der Waals surface area contributed by atoms with Crippen LogP contribution < -0.4 is 0 Å². The summed E-state index contributed by atoms with van der Waals surface area (Å²) in [5.74, 6) is 2.09. The third-order valence-corrected chi connectivity index (χ3v) is 3.85. The Morgan fingerprint density at radius 2 is 2.20 bits per heavy atom. The Balaban J connectivity index is 1.93. The van der Waals surface area contributed by atoms with Gasteiger partial charge in [-0.2, -0.15) is 5.10 Å². The number of halogens is 2. The van der Waals surface area contributed by atoms with Gasteiger partial charge in [0.25, 0.3) is 0 Å². The SMILES string of the molecule is Cn1cnc(CCn2c(CCl)nc3cc(Br)ccc32)n1. The van der Waals surface area contributed by atoms with E-state index in [1.165, 1.54) is 0 Å². The molecule has 0 aliphatic heterocycles. The molecule has 5 nitrogen and oxygen atoms in total. The van der Waals surface area contributed by atoms with Crippen LogP contribution in [0, 0.1) is 0 Å². The average molecular weight is 355 g/mol. The zero-order chi connectivity index (χ0) is 14.1. The van der Waals surface area contributed by atoms with Crippen LogP contribution in [0.2, 0.25) is 0 Å². The van der Waals surface area contributed by atoms with E-state index in [1.54, 1.807) is 11.0 Å². The molecule has 0 aliphatic rings. The number of aromatic nitrogens is 5. The minimum Gasteiger partial charge on any atom is -0.327 e. The van der Waals surface area contributed by atoms with Crippen molar-refractivity contribution in [1.82, 2.24) is 24.3 Å². The van der Waals surface area contributed by atoms with Gasteiger partial charge in [0, 0.05) is 24.5 Å². The highest BCUT2D eigenvalue weighted by Gasteiger charge is 2.11. The van der Waals surface area contributed by atoms with Crippen molar-refractivity contribution in [3.05, 3.63) is 40.6 Å². The van der Waals surface area contributed by atoms with Gasteiger partial charge in [-0.3, -0.25) is 4.68 Å². The first-order valence-corrected chi connectivity index (χ1v) is 7.55. The Hall–Kier alpha value is -1.40. The lowest BCUT2D eigenvalue weighted by atomic mass is 10.3. The summed E-state index contributed by atoms with van der Waals surface area (Å²) in [7, 11) is 1.87. The summed E-state index contributed by atoms with van der Waals surface area (Å²) >= 11 is 9.46. The highest BCUT2D eigenvalue weighted by atomic mass is 79.9. The molecule has 1 aromatic carbocycles. The summed E-state index contributed by atoms with van der Waals surface area (Å²) in [6.45, 7) is 0.768. The van der Waals surface area contributed by atoms with Crippen LogP contribution in [-0.2, 0) is 25.9 Å². The maximum absolute atomic E-state index is 6.00. The van der Waals surface area contributed by atoms with Crippen molar-refractivity contribution in [2.24, 2.45) is 7.05 Å². The minimum atomic E-state index is 0.391. The fourth-order valence-corrected chi connectivity index (χ4v) is 2.77. The predicted octanol–water partition coefficient (Wildman–Crippen LogP) is 2.91. The summed E-state index contributed by atoms with van der Waals surface area (Å²) in [5, 5.41) is 4.29. The number of rotatable bonds is 4. The molecule has 0 spiro atoms. The maximum atomic E-state index is 6.00. The quantitative estimate of drug-likeness (QED) is 0.677. The van der Waals surface area contributed by atoms with E-state index >= 15 is 0 Å². The molecule has 0 bridgehead atoms. The first-order chi connectivity index (χ1) is 9.67. The number of fused-ring (bicyclic) bond motifs is 1. The molecule has 0 aliphatic carbocycles. The fourth-order valence-electron chi connectivity index (χ4n) is 2.21. The number of hydrogen-bond donors (Lipinski definition) is 0. The van der Waals surface area contributed by atoms with Gasteiger partial charge < -0.3 is 4.57 Å². The first kappa shape index (κ1) is 13.6. The lowest BCUT2D eigenvalue weighted by molar-refractivity contribution is 0.654. The van der Waals surface area contributed by atoms with Crippen molar-refractivity contribution in [2.45, 2.75) is 18.8 Å². The molecule has 2 heterocycles. The van der Waals surface area contributed by atoms with Crippen LogP contribution in [0.1, 0.15) is 11.6 Å². The van der Waals surface area contributed by atoms with E-state index < -0.39 is 0 Å². The first-order valence-electron chi connectivity index (χ1n) is 6.22. The van der Waals surface area contributed by atoms with Crippen LogP contribution in [0.4, 0.5) is 0 Å². The van der Waals surface area contributed by atoms with Gasteiger partial charge in [0.15, 0.2) is 5.82 Å². The summed E-state index contributed by atoms with van der Waals surface area (Å²) in [6, 6.07) is 6.06. The molecule has 0 saturated heterocycles. The zero-order valence-corrected chi connectivity index (χ0v) is 13.3. The van der Waals surface area contributed by atoms with Crippen molar-refractivity contribution in [3.63, 3.8) is 0 Å². The molecule has 0 amide bonds. The molecule has 20 heavy (non-hydrogen) atoms. The van der Waals surface area contributed by atoms with Crippen molar-refractivity contribution < 1.29 is 0 Å². The predicted molar refractivity (Wildman–Crippen MR) is 81.7 cm³/mol. The summed E-state index contributed by atoms with van der Waals surface area (Å²) < 4.78 is 4.86. The molecular weight excluding hydrogens is 342 g/mol. The normalized spacial score (nSPS) is 11.3. The van der Waals surface area contributed by atoms with Crippen LogP contribution >= 0.6 is 27.5 Å². The van der Waals surface area contributed by atoms with E-state index in [9.17, 15) is 0 Å².